The summed E-state index contributed by atoms with van der Waals surface area (Å²) in [6, 6.07) is 11.4. The Bertz CT molecular complexity index is 712. The van der Waals surface area contributed by atoms with E-state index in [0.29, 0.717) is 12.4 Å². The first-order chi connectivity index (χ1) is 11.0. The third kappa shape index (κ3) is 4.70. The van der Waals surface area contributed by atoms with Gasteiger partial charge in [-0.3, -0.25) is 0 Å². The third-order valence-corrected chi connectivity index (χ3v) is 3.70. The Kier molecular flexibility index (Phi) is 5.99. The summed E-state index contributed by atoms with van der Waals surface area (Å²) in [6.07, 6.45) is 3.12. The summed E-state index contributed by atoms with van der Waals surface area (Å²) in [6.45, 7) is 6.32. The van der Waals surface area contributed by atoms with Gasteiger partial charge >= 0.3 is 5.97 Å². The van der Waals surface area contributed by atoms with Gasteiger partial charge in [-0.25, -0.2) is 4.79 Å². The number of ether oxygens (including phenoxy) is 2. The number of esters is 1. The number of carbonyl (C=O) groups is 1. The molecular formula is C19H19BrO3. The molecule has 0 heterocycles. The molecule has 0 aliphatic heterocycles. The van der Waals surface area contributed by atoms with Crippen LogP contribution in [0.5, 0.6) is 11.5 Å². The molecule has 0 saturated carbocycles. The van der Waals surface area contributed by atoms with E-state index in [9.17, 15) is 4.79 Å². The van der Waals surface area contributed by atoms with E-state index < -0.39 is 5.97 Å². The van der Waals surface area contributed by atoms with E-state index in [0.717, 1.165) is 26.9 Å². The molecule has 120 valence electrons. The normalized spacial score (nSPS) is 10.8. The van der Waals surface area contributed by atoms with E-state index in [4.69, 9.17) is 9.47 Å². The zero-order valence-electron chi connectivity index (χ0n) is 13.4. The van der Waals surface area contributed by atoms with Crippen LogP contribution in [0.2, 0.25) is 0 Å². The molecule has 0 aromatic heterocycles. The summed E-state index contributed by atoms with van der Waals surface area (Å²) >= 11 is 3.43. The van der Waals surface area contributed by atoms with Crippen molar-refractivity contribution >= 4 is 28.0 Å². The standard InChI is InChI=1S/C19H19BrO3/c1-4-22-17-8-6-5-7-15(17)9-10-18(21)23-19-13(2)11-16(20)12-14(19)3/h5-12H,4H2,1-3H3/b10-9+. The van der Waals surface area contributed by atoms with E-state index in [-0.39, 0.29) is 0 Å². The van der Waals surface area contributed by atoms with Crippen LogP contribution in [-0.2, 0) is 4.79 Å². The second kappa shape index (κ2) is 7.97. The van der Waals surface area contributed by atoms with Crippen molar-refractivity contribution in [1.29, 1.82) is 0 Å². The van der Waals surface area contributed by atoms with E-state index in [1.54, 1.807) is 6.08 Å². The van der Waals surface area contributed by atoms with E-state index in [1.807, 2.05) is 57.2 Å². The maximum atomic E-state index is 12.1. The smallest absolute Gasteiger partial charge is 0.336 e. The van der Waals surface area contributed by atoms with Crippen LogP contribution in [0.1, 0.15) is 23.6 Å². The zero-order chi connectivity index (χ0) is 16.8. The van der Waals surface area contributed by atoms with Gasteiger partial charge in [0.25, 0.3) is 0 Å². The largest absolute Gasteiger partial charge is 0.493 e. The minimum absolute atomic E-state index is 0.412. The average Bonchev–Trinajstić information content (AvgIpc) is 2.50. The zero-order valence-corrected chi connectivity index (χ0v) is 15.0. The topological polar surface area (TPSA) is 35.5 Å². The fourth-order valence-electron chi connectivity index (χ4n) is 2.26. The lowest BCUT2D eigenvalue weighted by molar-refractivity contribution is -0.129. The highest BCUT2D eigenvalue weighted by Crippen LogP contribution is 2.27. The Morgan fingerprint density at radius 1 is 1.17 bits per heavy atom. The van der Waals surface area contributed by atoms with Crippen molar-refractivity contribution in [3.63, 3.8) is 0 Å². The fourth-order valence-corrected chi connectivity index (χ4v) is 2.94. The molecule has 23 heavy (non-hydrogen) atoms. The van der Waals surface area contributed by atoms with Crippen LogP contribution in [-0.4, -0.2) is 12.6 Å². The number of benzene rings is 2. The third-order valence-electron chi connectivity index (χ3n) is 3.25. The predicted octanol–water partition coefficient (Wildman–Crippen LogP) is 5.08. The number of aryl methyl sites for hydroxylation is 2. The molecular weight excluding hydrogens is 356 g/mol. The molecule has 2 aromatic rings. The number of hydrogen-bond acceptors (Lipinski definition) is 3. The Hall–Kier alpha value is -2.07. The molecule has 0 aliphatic carbocycles. The molecule has 0 spiro atoms. The molecule has 0 fully saturated rings. The lowest BCUT2D eigenvalue weighted by Gasteiger charge is -2.10. The van der Waals surface area contributed by atoms with Crippen LogP contribution >= 0.6 is 15.9 Å². The average molecular weight is 375 g/mol. The quantitative estimate of drug-likeness (QED) is 0.415. The highest BCUT2D eigenvalue weighted by atomic mass is 79.9. The summed E-state index contributed by atoms with van der Waals surface area (Å²) < 4.78 is 12.0. The highest BCUT2D eigenvalue weighted by molar-refractivity contribution is 9.10. The van der Waals surface area contributed by atoms with Gasteiger partial charge in [-0.15, -0.1) is 0 Å². The van der Waals surface area contributed by atoms with Crippen molar-refractivity contribution in [3.05, 3.63) is 63.6 Å². The maximum absolute atomic E-state index is 12.1. The van der Waals surface area contributed by atoms with E-state index in [1.165, 1.54) is 6.08 Å². The fraction of sp³-hybridized carbons (Fsp3) is 0.211. The number of para-hydroxylation sites is 1. The van der Waals surface area contributed by atoms with Gasteiger partial charge in [-0.1, -0.05) is 34.1 Å². The Balaban J connectivity index is 2.14. The Morgan fingerprint density at radius 2 is 1.83 bits per heavy atom. The first-order valence-electron chi connectivity index (χ1n) is 7.39. The summed E-state index contributed by atoms with van der Waals surface area (Å²) in [5.74, 6) is 0.931. The lowest BCUT2D eigenvalue weighted by Crippen LogP contribution is -2.06. The number of carbonyl (C=O) groups excluding carboxylic acids is 1. The molecule has 0 unspecified atom stereocenters. The van der Waals surface area contributed by atoms with E-state index in [2.05, 4.69) is 15.9 Å². The maximum Gasteiger partial charge on any atom is 0.336 e. The molecule has 0 atom stereocenters. The van der Waals surface area contributed by atoms with Gasteiger partial charge < -0.3 is 9.47 Å². The molecule has 3 nitrogen and oxygen atoms in total. The molecule has 4 heteroatoms. The number of halogens is 1. The predicted molar refractivity (Wildman–Crippen MR) is 95.9 cm³/mol. The monoisotopic (exact) mass is 374 g/mol. The first kappa shape index (κ1) is 17.3. The van der Waals surface area contributed by atoms with E-state index >= 15 is 0 Å². The van der Waals surface area contributed by atoms with Crippen molar-refractivity contribution < 1.29 is 14.3 Å². The summed E-state index contributed by atoms with van der Waals surface area (Å²) in [4.78, 5) is 12.1. The van der Waals surface area contributed by atoms with Gasteiger partial charge in [0.15, 0.2) is 0 Å². The summed E-state index contributed by atoms with van der Waals surface area (Å²) in [5.41, 5.74) is 2.66. The number of rotatable bonds is 5. The van der Waals surface area contributed by atoms with Crippen molar-refractivity contribution in [2.75, 3.05) is 6.61 Å². The molecule has 0 N–H and O–H groups in total. The molecule has 0 saturated heterocycles. The first-order valence-corrected chi connectivity index (χ1v) is 8.19. The van der Waals surface area contributed by atoms with Crippen molar-refractivity contribution in [2.24, 2.45) is 0 Å². The molecule has 0 radical (unpaired) electrons. The van der Waals surface area contributed by atoms with Crippen LogP contribution in [0, 0.1) is 13.8 Å². The van der Waals surface area contributed by atoms with Gasteiger partial charge in [0.1, 0.15) is 11.5 Å². The highest BCUT2D eigenvalue weighted by Gasteiger charge is 2.09. The minimum Gasteiger partial charge on any atom is -0.493 e. The number of hydrogen-bond donors (Lipinski definition) is 0. The van der Waals surface area contributed by atoms with Crippen LogP contribution in [0.25, 0.3) is 6.08 Å². The second-order valence-electron chi connectivity index (χ2n) is 5.09. The Morgan fingerprint density at radius 3 is 2.48 bits per heavy atom. The van der Waals surface area contributed by atoms with Crippen LogP contribution in [0.15, 0.2) is 46.9 Å². The van der Waals surface area contributed by atoms with Crippen molar-refractivity contribution in [2.45, 2.75) is 20.8 Å². The van der Waals surface area contributed by atoms with Gasteiger partial charge in [0, 0.05) is 16.1 Å². The molecule has 2 rings (SSSR count). The van der Waals surface area contributed by atoms with Gasteiger partial charge in [-0.2, -0.15) is 0 Å². The van der Waals surface area contributed by atoms with Crippen LogP contribution in [0.4, 0.5) is 0 Å². The summed E-state index contributed by atoms with van der Waals surface area (Å²) in [7, 11) is 0. The van der Waals surface area contributed by atoms with Gasteiger partial charge in [-0.05, 0) is 56.2 Å². The lowest BCUT2D eigenvalue weighted by atomic mass is 10.1. The second-order valence-corrected chi connectivity index (χ2v) is 6.01. The molecule has 0 amide bonds. The van der Waals surface area contributed by atoms with Crippen LogP contribution < -0.4 is 9.47 Å². The van der Waals surface area contributed by atoms with Crippen molar-refractivity contribution in [3.8, 4) is 11.5 Å². The van der Waals surface area contributed by atoms with Crippen LogP contribution in [0.3, 0.4) is 0 Å². The van der Waals surface area contributed by atoms with Crippen molar-refractivity contribution in [1.82, 2.24) is 0 Å². The van der Waals surface area contributed by atoms with Gasteiger partial charge in [0.05, 0.1) is 6.61 Å². The molecule has 0 bridgehead atoms. The summed E-state index contributed by atoms with van der Waals surface area (Å²) in [5, 5.41) is 0. The minimum atomic E-state index is -0.412. The molecule has 0 aliphatic rings. The Labute approximate surface area is 145 Å². The SMILES string of the molecule is CCOc1ccccc1/C=C/C(=O)Oc1c(C)cc(Br)cc1C. The van der Waals surface area contributed by atoms with Gasteiger partial charge in [0.2, 0.25) is 0 Å². The molecule has 2 aromatic carbocycles.